The Hall–Kier alpha value is -3.54. The number of rotatable bonds is 4. The van der Waals surface area contributed by atoms with E-state index in [1.807, 2.05) is 67.6 Å². The first-order valence-corrected chi connectivity index (χ1v) is 8.34. The van der Waals surface area contributed by atoms with Crippen LogP contribution in [0, 0.1) is 0 Å². The molecule has 2 heterocycles. The fourth-order valence-corrected chi connectivity index (χ4v) is 2.76. The predicted octanol–water partition coefficient (Wildman–Crippen LogP) is 3.22. The van der Waals surface area contributed by atoms with Crippen molar-refractivity contribution in [1.29, 1.82) is 0 Å². The zero-order chi connectivity index (χ0) is 17.9. The molecule has 26 heavy (non-hydrogen) atoms. The second-order valence-corrected chi connectivity index (χ2v) is 5.99. The van der Waals surface area contributed by atoms with Crippen molar-refractivity contribution in [1.82, 2.24) is 19.4 Å². The molecule has 0 saturated heterocycles. The molecule has 6 heteroatoms. The molecule has 2 aromatic heterocycles. The lowest BCUT2D eigenvalue weighted by atomic mass is 10.0. The summed E-state index contributed by atoms with van der Waals surface area (Å²) in [7, 11) is 0. The second-order valence-electron chi connectivity index (χ2n) is 5.99. The van der Waals surface area contributed by atoms with Gasteiger partial charge in [-0.25, -0.2) is 9.67 Å². The van der Waals surface area contributed by atoms with E-state index in [9.17, 15) is 4.79 Å². The molecule has 4 aromatic rings. The number of fused-ring (bicyclic) bond motifs is 1. The number of hydrogen-bond donors (Lipinski definition) is 0. The molecule has 0 aliphatic rings. The molecular formula is C20H17N5O. The smallest absolute Gasteiger partial charge is 0.266 e. The van der Waals surface area contributed by atoms with Crippen LogP contribution in [0.2, 0.25) is 0 Å². The minimum absolute atomic E-state index is 0.0887. The van der Waals surface area contributed by atoms with Crippen molar-refractivity contribution >= 4 is 17.2 Å². The van der Waals surface area contributed by atoms with Crippen molar-refractivity contribution in [2.45, 2.75) is 12.8 Å². The van der Waals surface area contributed by atoms with Crippen molar-refractivity contribution in [3.8, 4) is 5.69 Å². The zero-order valence-electron chi connectivity index (χ0n) is 14.2. The summed E-state index contributed by atoms with van der Waals surface area (Å²) in [6, 6.07) is 19.6. The lowest BCUT2D eigenvalue weighted by molar-refractivity contribution is 0.800. The molecule has 1 atom stereocenters. The highest BCUT2D eigenvalue weighted by Gasteiger charge is 2.11. The molecule has 2 aromatic carbocycles. The van der Waals surface area contributed by atoms with Crippen LogP contribution in [0.3, 0.4) is 0 Å². The molecule has 0 aliphatic heterocycles. The van der Waals surface area contributed by atoms with Gasteiger partial charge in [-0.1, -0.05) is 55.5 Å². The first-order chi connectivity index (χ1) is 12.7. The maximum atomic E-state index is 12.7. The van der Waals surface area contributed by atoms with Gasteiger partial charge >= 0.3 is 0 Å². The van der Waals surface area contributed by atoms with Gasteiger partial charge in [-0.2, -0.15) is 14.9 Å². The van der Waals surface area contributed by atoms with Crippen LogP contribution in [-0.2, 0) is 0 Å². The third-order valence-electron chi connectivity index (χ3n) is 4.21. The van der Waals surface area contributed by atoms with Crippen LogP contribution >= 0.6 is 0 Å². The van der Waals surface area contributed by atoms with Gasteiger partial charge in [0, 0.05) is 12.1 Å². The topological polar surface area (TPSA) is 65.1 Å². The van der Waals surface area contributed by atoms with E-state index in [1.54, 1.807) is 10.9 Å². The van der Waals surface area contributed by atoms with Crippen molar-refractivity contribution in [2.75, 3.05) is 0 Å². The Morgan fingerprint density at radius 1 is 1.04 bits per heavy atom. The normalized spacial score (nSPS) is 12.7. The Labute approximate surface area is 150 Å². The average molecular weight is 343 g/mol. The summed E-state index contributed by atoms with van der Waals surface area (Å²) in [6.07, 6.45) is 4.70. The lowest BCUT2D eigenvalue weighted by Gasteiger charge is -2.06. The quantitative estimate of drug-likeness (QED) is 0.534. The zero-order valence-corrected chi connectivity index (χ0v) is 14.2. The van der Waals surface area contributed by atoms with Crippen LogP contribution in [0.4, 0.5) is 0 Å². The molecule has 0 unspecified atom stereocenters. The number of benzene rings is 2. The molecule has 0 bridgehead atoms. The van der Waals surface area contributed by atoms with Gasteiger partial charge in [-0.3, -0.25) is 4.79 Å². The van der Waals surface area contributed by atoms with Gasteiger partial charge in [0.1, 0.15) is 11.7 Å². The Bertz CT molecular complexity index is 1110. The van der Waals surface area contributed by atoms with Crippen molar-refractivity contribution in [3.63, 3.8) is 0 Å². The highest BCUT2D eigenvalue weighted by molar-refractivity contribution is 5.75. The summed E-state index contributed by atoms with van der Waals surface area (Å²) >= 11 is 0. The average Bonchev–Trinajstić information content (AvgIpc) is 3.13. The molecule has 0 aliphatic carbocycles. The van der Waals surface area contributed by atoms with Crippen LogP contribution in [-0.4, -0.2) is 25.7 Å². The Morgan fingerprint density at radius 2 is 1.73 bits per heavy atom. The van der Waals surface area contributed by atoms with Crippen molar-refractivity contribution in [3.05, 3.63) is 89.1 Å². The molecular weight excluding hydrogens is 326 g/mol. The van der Waals surface area contributed by atoms with Gasteiger partial charge in [-0.15, -0.1) is 0 Å². The van der Waals surface area contributed by atoms with Gasteiger partial charge < -0.3 is 0 Å². The number of para-hydroxylation sites is 1. The second kappa shape index (κ2) is 6.76. The predicted molar refractivity (Wildman–Crippen MR) is 102 cm³/mol. The molecule has 0 saturated carbocycles. The SMILES string of the molecule is C[C@@H](/C=N\n1cnc2c(cnn2-c2ccccc2)c1=O)c1ccccc1. The van der Waals surface area contributed by atoms with Crippen molar-refractivity contribution < 1.29 is 0 Å². The molecule has 0 spiro atoms. The monoisotopic (exact) mass is 343 g/mol. The summed E-state index contributed by atoms with van der Waals surface area (Å²) in [6.45, 7) is 2.03. The minimum Gasteiger partial charge on any atom is -0.266 e. The highest BCUT2D eigenvalue weighted by Crippen LogP contribution is 2.14. The first kappa shape index (κ1) is 16.0. The molecule has 4 rings (SSSR count). The first-order valence-electron chi connectivity index (χ1n) is 8.34. The maximum Gasteiger partial charge on any atom is 0.285 e. The molecule has 0 amide bonds. The number of nitrogens with zero attached hydrogens (tertiary/aromatic N) is 5. The lowest BCUT2D eigenvalue weighted by Crippen LogP contribution is -2.17. The van der Waals surface area contributed by atoms with Crippen LogP contribution < -0.4 is 5.56 Å². The Morgan fingerprint density at radius 3 is 2.46 bits per heavy atom. The fraction of sp³-hybridized carbons (Fsp3) is 0.100. The van der Waals surface area contributed by atoms with E-state index < -0.39 is 0 Å². The highest BCUT2D eigenvalue weighted by atomic mass is 16.1. The van der Waals surface area contributed by atoms with Crippen LogP contribution in [0.25, 0.3) is 16.7 Å². The largest absolute Gasteiger partial charge is 0.285 e. The molecule has 6 nitrogen and oxygen atoms in total. The van der Waals surface area contributed by atoms with Gasteiger partial charge in [0.05, 0.1) is 11.9 Å². The van der Waals surface area contributed by atoms with Crippen LogP contribution in [0.1, 0.15) is 18.4 Å². The van der Waals surface area contributed by atoms with E-state index in [2.05, 4.69) is 15.2 Å². The van der Waals surface area contributed by atoms with Crippen LogP contribution in [0.5, 0.6) is 0 Å². The minimum atomic E-state index is -0.242. The maximum absolute atomic E-state index is 12.7. The van der Waals surface area contributed by atoms with E-state index in [4.69, 9.17) is 0 Å². The standard InChI is InChI=1S/C20H17N5O/c1-15(16-8-4-2-5-9-16)12-22-24-14-21-19-18(20(24)26)13-23-25(19)17-10-6-3-7-11-17/h2-15H,1H3/b22-12-/t15-/m0/s1. The summed E-state index contributed by atoms with van der Waals surface area (Å²) in [4.78, 5) is 17.1. The van der Waals surface area contributed by atoms with E-state index in [0.717, 1.165) is 11.3 Å². The molecule has 128 valence electrons. The van der Waals surface area contributed by atoms with Gasteiger partial charge in [0.2, 0.25) is 0 Å². The summed E-state index contributed by atoms with van der Waals surface area (Å²) in [5.74, 6) is 0.0887. The van der Waals surface area contributed by atoms with Gasteiger partial charge in [0.25, 0.3) is 5.56 Å². The Balaban J connectivity index is 1.69. The van der Waals surface area contributed by atoms with E-state index in [-0.39, 0.29) is 11.5 Å². The summed E-state index contributed by atoms with van der Waals surface area (Å²) in [5, 5.41) is 9.02. The third kappa shape index (κ3) is 2.93. The van der Waals surface area contributed by atoms with Gasteiger partial charge in [0.15, 0.2) is 5.65 Å². The van der Waals surface area contributed by atoms with E-state index in [0.29, 0.717) is 11.0 Å². The van der Waals surface area contributed by atoms with Crippen molar-refractivity contribution in [2.24, 2.45) is 5.10 Å². The number of aromatic nitrogens is 4. The van der Waals surface area contributed by atoms with E-state index in [1.165, 1.54) is 17.2 Å². The Kier molecular flexibility index (Phi) is 4.15. The molecule has 0 radical (unpaired) electrons. The molecule has 0 N–H and O–H groups in total. The third-order valence-corrected chi connectivity index (χ3v) is 4.21. The van der Waals surface area contributed by atoms with E-state index >= 15 is 0 Å². The summed E-state index contributed by atoms with van der Waals surface area (Å²) in [5.41, 5.74) is 2.26. The van der Waals surface area contributed by atoms with Gasteiger partial charge in [-0.05, 0) is 17.7 Å². The molecule has 0 fully saturated rings. The fourth-order valence-electron chi connectivity index (χ4n) is 2.76. The van der Waals surface area contributed by atoms with Crippen LogP contribution in [0.15, 0.2) is 83.1 Å². The number of hydrogen-bond acceptors (Lipinski definition) is 4. The summed E-state index contributed by atoms with van der Waals surface area (Å²) < 4.78 is 2.90.